The number of likely N-dealkylation sites (tertiary alicyclic amines) is 1. The minimum atomic E-state index is -0.776. The molecule has 2 aromatic carbocycles. The lowest BCUT2D eigenvalue weighted by atomic mass is 9.94. The van der Waals surface area contributed by atoms with Gasteiger partial charge in [-0.2, -0.15) is 0 Å². The van der Waals surface area contributed by atoms with Gasteiger partial charge in [0.1, 0.15) is 30.5 Å². The number of aliphatic hydroxyl groups excluding tert-OH is 1. The Labute approximate surface area is 185 Å². The maximum absolute atomic E-state index is 13.1. The molecular formula is C24H25NO7. The maximum Gasteiger partial charge on any atom is 0.295 e. The van der Waals surface area contributed by atoms with Crippen LogP contribution in [0.3, 0.4) is 0 Å². The van der Waals surface area contributed by atoms with Crippen LogP contribution in [0.1, 0.15) is 30.5 Å². The lowest BCUT2D eigenvalue weighted by molar-refractivity contribution is -0.139. The third kappa shape index (κ3) is 3.62. The zero-order valence-electron chi connectivity index (χ0n) is 18.2. The molecule has 8 heteroatoms. The summed E-state index contributed by atoms with van der Waals surface area (Å²) < 4.78 is 21.9. The first-order valence-corrected chi connectivity index (χ1v) is 10.4. The van der Waals surface area contributed by atoms with Crippen molar-refractivity contribution < 1.29 is 33.6 Å². The lowest BCUT2D eigenvalue weighted by Gasteiger charge is -2.26. The van der Waals surface area contributed by atoms with Crippen LogP contribution in [0.25, 0.3) is 5.76 Å². The average molecular weight is 439 g/mol. The number of nitrogens with zero attached hydrogens (tertiary/aromatic N) is 1. The standard InChI is InChI=1S/C24H25NO7/c1-4-9-25-21(14-5-7-18-19(12-14)32-11-10-31-18)20(23(27)24(25)28)22(26)16-13-15(29-2)6-8-17(16)30-3/h5-8,12-13,21,26H,4,9-11H2,1-3H3/b22-20+. The van der Waals surface area contributed by atoms with Gasteiger partial charge >= 0.3 is 0 Å². The van der Waals surface area contributed by atoms with Gasteiger partial charge in [-0.15, -0.1) is 0 Å². The minimum absolute atomic E-state index is 0.00770. The molecule has 1 saturated heterocycles. The second kappa shape index (κ2) is 8.82. The van der Waals surface area contributed by atoms with Crippen molar-refractivity contribution in [3.05, 3.63) is 53.1 Å². The van der Waals surface area contributed by atoms with Crippen LogP contribution in [0.15, 0.2) is 42.0 Å². The Balaban J connectivity index is 1.91. The molecule has 2 heterocycles. The molecule has 1 N–H and O–H groups in total. The number of carbonyl (C=O) groups excluding carboxylic acids is 2. The average Bonchev–Trinajstić information content (AvgIpc) is 3.08. The number of carbonyl (C=O) groups is 2. The molecular weight excluding hydrogens is 414 g/mol. The van der Waals surface area contributed by atoms with Crippen molar-refractivity contribution in [3.63, 3.8) is 0 Å². The van der Waals surface area contributed by atoms with E-state index in [4.69, 9.17) is 18.9 Å². The molecule has 1 fully saturated rings. The van der Waals surface area contributed by atoms with Crippen molar-refractivity contribution in [1.29, 1.82) is 0 Å². The summed E-state index contributed by atoms with van der Waals surface area (Å²) in [5.41, 5.74) is 0.904. The van der Waals surface area contributed by atoms with E-state index < -0.39 is 17.7 Å². The molecule has 32 heavy (non-hydrogen) atoms. The molecule has 1 atom stereocenters. The Kier molecular flexibility index (Phi) is 5.94. The van der Waals surface area contributed by atoms with Crippen LogP contribution in [0, 0.1) is 0 Å². The Morgan fingerprint density at radius 1 is 1.06 bits per heavy atom. The van der Waals surface area contributed by atoms with Gasteiger partial charge < -0.3 is 29.0 Å². The number of hydrogen-bond donors (Lipinski definition) is 1. The fraction of sp³-hybridized carbons (Fsp3) is 0.333. The molecule has 0 aliphatic carbocycles. The molecule has 2 aliphatic heterocycles. The van der Waals surface area contributed by atoms with E-state index in [0.717, 1.165) is 0 Å². The number of ketones is 1. The first-order chi connectivity index (χ1) is 15.5. The first-order valence-electron chi connectivity index (χ1n) is 10.4. The molecule has 4 rings (SSSR count). The number of Topliss-reactive ketones (excluding diaryl/α,β-unsaturated/α-hetero) is 1. The Morgan fingerprint density at radius 3 is 2.50 bits per heavy atom. The molecule has 0 spiro atoms. The van der Waals surface area contributed by atoms with E-state index in [1.54, 1.807) is 36.4 Å². The normalized spacial score (nSPS) is 19.2. The summed E-state index contributed by atoms with van der Waals surface area (Å²) in [6.45, 7) is 3.14. The topological polar surface area (TPSA) is 94.5 Å². The summed E-state index contributed by atoms with van der Waals surface area (Å²) >= 11 is 0. The largest absolute Gasteiger partial charge is 0.507 e. The summed E-state index contributed by atoms with van der Waals surface area (Å²) in [5.74, 6) is 0.238. The third-order valence-corrected chi connectivity index (χ3v) is 5.55. The molecule has 2 aromatic rings. The van der Waals surface area contributed by atoms with Gasteiger partial charge in [0.15, 0.2) is 11.5 Å². The number of methoxy groups -OCH3 is 2. The van der Waals surface area contributed by atoms with E-state index in [2.05, 4.69) is 0 Å². The molecule has 8 nitrogen and oxygen atoms in total. The van der Waals surface area contributed by atoms with Crippen LogP contribution in [-0.2, 0) is 9.59 Å². The van der Waals surface area contributed by atoms with Crippen molar-refractivity contribution in [2.24, 2.45) is 0 Å². The summed E-state index contributed by atoms with van der Waals surface area (Å²) in [4.78, 5) is 27.5. The summed E-state index contributed by atoms with van der Waals surface area (Å²) in [6, 6.07) is 9.40. The molecule has 168 valence electrons. The molecule has 2 aliphatic rings. The molecule has 0 aromatic heterocycles. The van der Waals surface area contributed by atoms with Gasteiger partial charge in [-0.1, -0.05) is 13.0 Å². The van der Waals surface area contributed by atoms with Crippen molar-refractivity contribution >= 4 is 17.4 Å². The van der Waals surface area contributed by atoms with E-state index in [9.17, 15) is 14.7 Å². The zero-order chi connectivity index (χ0) is 22.8. The Morgan fingerprint density at radius 2 is 1.81 bits per heavy atom. The lowest BCUT2D eigenvalue weighted by Crippen LogP contribution is -2.30. The number of hydrogen-bond acceptors (Lipinski definition) is 7. The highest BCUT2D eigenvalue weighted by atomic mass is 16.6. The van der Waals surface area contributed by atoms with E-state index in [1.807, 2.05) is 6.92 Å². The molecule has 1 amide bonds. The summed E-state index contributed by atoms with van der Waals surface area (Å²) in [6.07, 6.45) is 0.649. The van der Waals surface area contributed by atoms with Gasteiger partial charge in [0.2, 0.25) is 0 Å². The highest BCUT2D eigenvalue weighted by molar-refractivity contribution is 6.46. The molecule has 1 unspecified atom stereocenters. The van der Waals surface area contributed by atoms with Crippen LogP contribution in [0.5, 0.6) is 23.0 Å². The predicted molar refractivity (Wildman–Crippen MR) is 116 cm³/mol. The van der Waals surface area contributed by atoms with Gasteiger partial charge in [0, 0.05) is 6.54 Å². The zero-order valence-corrected chi connectivity index (χ0v) is 18.2. The van der Waals surface area contributed by atoms with Crippen LogP contribution in [0.4, 0.5) is 0 Å². The number of rotatable bonds is 6. The van der Waals surface area contributed by atoms with Gasteiger partial charge in [0.25, 0.3) is 11.7 Å². The van der Waals surface area contributed by atoms with Crippen molar-refractivity contribution in [2.45, 2.75) is 19.4 Å². The van der Waals surface area contributed by atoms with Crippen molar-refractivity contribution in [1.82, 2.24) is 4.90 Å². The second-order valence-corrected chi connectivity index (χ2v) is 7.46. The van der Waals surface area contributed by atoms with E-state index in [-0.39, 0.29) is 16.9 Å². The first kappa shape index (κ1) is 21.5. The van der Waals surface area contributed by atoms with Crippen LogP contribution in [0.2, 0.25) is 0 Å². The molecule has 0 radical (unpaired) electrons. The number of benzene rings is 2. The SMILES string of the molecule is CCCN1C(=O)C(=O)/C(=C(/O)c2cc(OC)ccc2OC)C1c1ccc2c(c1)OCCO2. The number of fused-ring (bicyclic) bond motifs is 1. The number of ether oxygens (including phenoxy) is 4. The highest BCUT2D eigenvalue weighted by Crippen LogP contribution is 2.44. The fourth-order valence-electron chi connectivity index (χ4n) is 4.07. The van der Waals surface area contributed by atoms with Crippen LogP contribution < -0.4 is 18.9 Å². The maximum atomic E-state index is 13.1. The van der Waals surface area contributed by atoms with Crippen molar-refractivity contribution in [2.75, 3.05) is 34.0 Å². The Bertz CT molecular complexity index is 1090. The fourth-order valence-corrected chi connectivity index (χ4v) is 4.07. The van der Waals surface area contributed by atoms with Crippen molar-refractivity contribution in [3.8, 4) is 23.0 Å². The number of amides is 1. The molecule has 0 bridgehead atoms. The third-order valence-electron chi connectivity index (χ3n) is 5.55. The monoisotopic (exact) mass is 439 g/mol. The predicted octanol–water partition coefficient (Wildman–Crippen LogP) is 3.31. The minimum Gasteiger partial charge on any atom is -0.507 e. The summed E-state index contributed by atoms with van der Waals surface area (Å²) in [7, 11) is 2.97. The van der Waals surface area contributed by atoms with Gasteiger partial charge in [-0.3, -0.25) is 9.59 Å². The molecule has 0 saturated carbocycles. The van der Waals surface area contributed by atoms with E-state index >= 15 is 0 Å². The van der Waals surface area contributed by atoms with Gasteiger partial charge in [0.05, 0.1) is 31.4 Å². The smallest absolute Gasteiger partial charge is 0.295 e. The van der Waals surface area contributed by atoms with Crippen LogP contribution in [-0.4, -0.2) is 55.7 Å². The quantitative estimate of drug-likeness (QED) is 0.419. The van der Waals surface area contributed by atoms with Gasteiger partial charge in [-0.05, 0) is 42.3 Å². The highest BCUT2D eigenvalue weighted by Gasteiger charge is 2.46. The Hall–Kier alpha value is -3.68. The van der Waals surface area contributed by atoms with Gasteiger partial charge in [-0.25, -0.2) is 0 Å². The second-order valence-electron chi connectivity index (χ2n) is 7.46. The summed E-state index contributed by atoms with van der Waals surface area (Å²) in [5, 5.41) is 11.3. The number of aliphatic hydroxyl groups is 1. The van der Waals surface area contributed by atoms with Crippen LogP contribution >= 0.6 is 0 Å². The van der Waals surface area contributed by atoms with E-state index in [1.165, 1.54) is 19.1 Å². The van der Waals surface area contributed by atoms with E-state index in [0.29, 0.717) is 54.7 Å².